The minimum absolute atomic E-state index is 0.0687. The zero-order valence-electron chi connectivity index (χ0n) is 11.9. The smallest absolute Gasteiger partial charge is 0.262 e. The molecular weight excluding hydrogens is 362 g/mol. The second-order valence-corrected chi connectivity index (χ2v) is 6.44. The predicted molar refractivity (Wildman–Crippen MR) is 80.9 cm³/mol. The lowest BCUT2D eigenvalue weighted by Gasteiger charge is -2.14. The van der Waals surface area contributed by atoms with Crippen molar-refractivity contribution in [1.82, 2.24) is 0 Å². The summed E-state index contributed by atoms with van der Waals surface area (Å²) >= 11 is 0. The van der Waals surface area contributed by atoms with E-state index in [1.807, 2.05) is 0 Å². The third-order valence-electron chi connectivity index (χ3n) is 2.68. The van der Waals surface area contributed by atoms with E-state index in [1.165, 1.54) is 36.4 Å². The Labute approximate surface area is 138 Å². The third kappa shape index (κ3) is 6.04. The van der Waals surface area contributed by atoms with Gasteiger partial charge in [-0.2, -0.15) is 0 Å². The maximum Gasteiger partial charge on any atom is 0.262 e. The van der Waals surface area contributed by atoms with Crippen LogP contribution in [0.4, 0.5) is 5.69 Å². The Balaban J connectivity index is 2.13. The van der Waals surface area contributed by atoms with Crippen LogP contribution in [-0.2, 0) is 27.3 Å². The quantitative estimate of drug-likeness (QED) is 0.554. The molecule has 0 spiro atoms. The number of rotatable bonds is 7. The van der Waals surface area contributed by atoms with Gasteiger partial charge in [-0.15, -0.1) is 0 Å². The fraction of sp³-hybridized carbons (Fsp3) is 0.0769. The van der Waals surface area contributed by atoms with E-state index in [2.05, 4.69) is 13.7 Å². The van der Waals surface area contributed by atoms with E-state index in [0.29, 0.717) is 11.3 Å². The Morgan fingerprint density at radius 1 is 0.875 bits per heavy atom. The molecular formula is C13H11NO8S2-2. The Morgan fingerprint density at radius 2 is 1.54 bits per heavy atom. The highest BCUT2D eigenvalue weighted by Gasteiger charge is 2.07. The number of para-hydroxylation sites is 1. The molecule has 1 N–H and O–H groups in total. The van der Waals surface area contributed by atoms with Crippen LogP contribution in [0.15, 0.2) is 48.5 Å². The second-order valence-electron chi connectivity index (χ2n) is 4.47. The molecule has 0 saturated heterocycles. The van der Waals surface area contributed by atoms with E-state index < -0.39 is 20.8 Å². The first-order valence-corrected chi connectivity index (χ1v) is 9.01. The van der Waals surface area contributed by atoms with Crippen LogP contribution in [0.2, 0.25) is 0 Å². The number of nitrogens with one attached hydrogen (secondary N) is 1. The Morgan fingerprint density at radius 3 is 2.21 bits per heavy atom. The summed E-state index contributed by atoms with van der Waals surface area (Å²) in [4.78, 5) is 0. The van der Waals surface area contributed by atoms with Crippen molar-refractivity contribution in [3.05, 3.63) is 54.1 Å². The van der Waals surface area contributed by atoms with Gasteiger partial charge in [-0.05, 0) is 18.2 Å². The van der Waals surface area contributed by atoms with Gasteiger partial charge in [-0.25, -0.2) is 16.8 Å². The summed E-state index contributed by atoms with van der Waals surface area (Å²) in [6.45, 7) is 0.0687. The maximum absolute atomic E-state index is 10.7. The molecule has 0 radical (unpaired) electrons. The molecule has 0 amide bonds. The average Bonchev–Trinajstić information content (AvgIpc) is 2.43. The summed E-state index contributed by atoms with van der Waals surface area (Å²) in [5.41, 5.74) is 0.774. The molecule has 0 saturated carbocycles. The van der Waals surface area contributed by atoms with Crippen molar-refractivity contribution in [1.29, 1.82) is 0 Å². The highest BCUT2D eigenvalue weighted by molar-refractivity contribution is 7.81. The monoisotopic (exact) mass is 373 g/mol. The molecule has 0 bridgehead atoms. The van der Waals surface area contributed by atoms with Crippen LogP contribution in [-0.4, -0.2) is 25.9 Å². The Kier molecular flexibility index (Phi) is 5.29. The zero-order valence-corrected chi connectivity index (χ0v) is 13.5. The standard InChI is InChI=1S/C13H13NO8S2/c15-23(16,17)21-12-6-3-5-11(8-12)14-9-10-4-1-2-7-13(10)22-24(18,19)20/h1-8,14H,9H2,(H,15,16,17)(H,18,19,20)/p-2. The summed E-state index contributed by atoms with van der Waals surface area (Å²) in [6, 6.07) is 11.5. The van der Waals surface area contributed by atoms with Gasteiger partial charge in [0, 0.05) is 23.9 Å². The van der Waals surface area contributed by atoms with Crippen molar-refractivity contribution >= 4 is 26.5 Å². The first-order chi connectivity index (χ1) is 11.1. The molecule has 11 heteroatoms. The summed E-state index contributed by atoms with van der Waals surface area (Å²) in [6.07, 6.45) is 0. The molecule has 0 fully saturated rings. The topological polar surface area (TPSA) is 145 Å². The first-order valence-electron chi connectivity index (χ1n) is 6.35. The van der Waals surface area contributed by atoms with Crippen LogP contribution in [0.3, 0.4) is 0 Å². The van der Waals surface area contributed by atoms with E-state index in [1.54, 1.807) is 12.1 Å². The normalized spacial score (nSPS) is 11.8. The molecule has 9 nitrogen and oxygen atoms in total. The molecule has 2 aromatic rings. The fourth-order valence-corrected chi connectivity index (χ4v) is 2.54. The first kappa shape index (κ1) is 18.0. The molecule has 0 heterocycles. The molecule has 2 aromatic carbocycles. The van der Waals surface area contributed by atoms with Crippen LogP contribution < -0.4 is 13.7 Å². The van der Waals surface area contributed by atoms with Gasteiger partial charge in [-0.3, -0.25) is 0 Å². The fourth-order valence-electron chi connectivity index (χ4n) is 1.81. The minimum Gasteiger partial charge on any atom is -0.716 e. The highest BCUT2D eigenvalue weighted by Crippen LogP contribution is 2.23. The largest absolute Gasteiger partial charge is 0.716 e. The van der Waals surface area contributed by atoms with Crippen molar-refractivity contribution in [2.45, 2.75) is 6.54 Å². The summed E-state index contributed by atoms with van der Waals surface area (Å²) in [7, 11) is -9.80. The molecule has 2 rings (SSSR count). The van der Waals surface area contributed by atoms with Gasteiger partial charge in [0.2, 0.25) is 0 Å². The number of hydrogen-bond donors (Lipinski definition) is 1. The average molecular weight is 373 g/mol. The van der Waals surface area contributed by atoms with Crippen molar-refractivity contribution in [2.24, 2.45) is 0 Å². The highest BCUT2D eigenvalue weighted by atomic mass is 32.3. The number of hydrogen-bond acceptors (Lipinski definition) is 9. The van der Waals surface area contributed by atoms with Crippen LogP contribution in [0.25, 0.3) is 0 Å². The van der Waals surface area contributed by atoms with E-state index >= 15 is 0 Å². The predicted octanol–water partition coefficient (Wildman–Crippen LogP) is 0.977. The molecule has 0 atom stereocenters. The Hall–Kier alpha value is -2.34. The van der Waals surface area contributed by atoms with E-state index in [9.17, 15) is 25.9 Å². The van der Waals surface area contributed by atoms with Crippen molar-refractivity contribution in [3.8, 4) is 11.5 Å². The lowest BCUT2D eigenvalue weighted by molar-refractivity contribution is 0.369. The molecule has 0 aromatic heterocycles. The lowest BCUT2D eigenvalue weighted by atomic mass is 10.2. The van der Waals surface area contributed by atoms with Crippen LogP contribution in [0.1, 0.15) is 5.56 Å². The van der Waals surface area contributed by atoms with Gasteiger partial charge < -0.3 is 22.8 Å². The zero-order chi connectivity index (χ0) is 17.8. The van der Waals surface area contributed by atoms with Crippen molar-refractivity contribution in [3.63, 3.8) is 0 Å². The van der Waals surface area contributed by atoms with Gasteiger partial charge in [0.15, 0.2) is 0 Å². The van der Waals surface area contributed by atoms with Crippen LogP contribution in [0.5, 0.6) is 11.5 Å². The van der Waals surface area contributed by atoms with Crippen LogP contribution in [0, 0.1) is 0 Å². The summed E-state index contributed by atoms with van der Waals surface area (Å²) < 4.78 is 72.4. The van der Waals surface area contributed by atoms with E-state index in [-0.39, 0.29) is 18.0 Å². The van der Waals surface area contributed by atoms with Crippen molar-refractivity contribution < 1.29 is 34.3 Å². The molecule has 0 unspecified atom stereocenters. The van der Waals surface area contributed by atoms with E-state index in [0.717, 1.165) is 0 Å². The van der Waals surface area contributed by atoms with Gasteiger partial charge in [0.1, 0.15) is 11.5 Å². The maximum atomic E-state index is 10.7. The molecule has 130 valence electrons. The molecule has 0 aliphatic heterocycles. The number of benzene rings is 2. The SMILES string of the molecule is O=S(=O)([O-])Oc1cccc(NCc2ccccc2OS(=O)(=O)[O-])c1. The number of anilines is 1. The molecule has 0 aliphatic rings. The van der Waals surface area contributed by atoms with Crippen LogP contribution >= 0.6 is 0 Å². The van der Waals surface area contributed by atoms with Gasteiger partial charge >= 0.3 is 0 Å². The summed E-state index contributed by atoms with van der Waals surface area (Å²) in [5.74, 6) is -0.309. The van der Waals surface area contributed by atoms with Crippen molar-refractivity contribution in [2.75, 3.05) is 5.32 Å². The molecule has 24 heavy (non-hydrogen) atoms. The minimum atomic E-state index is -4.91. The third-order valence-corrected chi connectivity index (χ3v) is 3.46. The van der Waals surface area contributed by atoms with Gasteiger partial charge in [0.25, 0.3) is 20.8 Å². The molecule has 0 aliphatic carbocycles. The second kappa shape index (κ2) is 7.05. The van der Waals surface area contributed by atoms with Gasteiger partial charge in [0.05, 0.1) is 0 Å². The van der Waals surface area contributed by atoms with Gasteiger partial charge in [-0.1, -0.05) is 24.3 Å². The summed E-state index contributed by atoms with van der Waals surface area (Å²) in [5, 5.41) is 2.86. The lowest BCUT2D eigenvalue weighted by Crippen LogP contribution is -2.10. The van der Waals surface area contributed by atoms with E-state index in [4.69, 9.17) is 0 Å². The Bertz CT molecular complexity index is 924.